The summed E-state index contributed by atoms with van der Waals surface area (Å²) in [7, 11) is 0. The number of benzene rings is 1. The minimum atomic E-state index is -0.226. The summed E-state index contributed by atoms with van der Waals surface area (Å²) in [4.78, 5) is 25.8. The van der Waals surface area contributed by atoms with Crippen LogP contribution in [0.25, 0.3) is 0 Å². The van der Waals surface area contributed by atoms with Gasteiger partial charge in [-0.3, -0.25) is 9.59 Å². The van der Waals surface area contributed by atoms with Crippen LogP contribution in [0.4, 0.5) is 5.69 Å². The van der Waals surface area contributed by atoms with Gasteiger partial charge in [0.05, 0.1) is 11.4 Å². The van der Waals surface area contributed by atoms with E-state index in [1.54, 1.807) is 0 Å². The molecule has 2 aromatic rings. The number of carbonyl (C=O) groups excluding carboxylic acids is 2. The van der Waals surface area contributed by atoms with Crippen molar-refractivity contribution in [3.8, 4) is 0 Å². The third kappa shape index (κ3) is 3.74. The molecule has 2 N–H and O–H groups in total. The molecule has 0 aliphatic rings. The maximum atomic E-state index is 12.0. The summed E-state index contributed by atoms with van der Waals surface area (Å²) in [5, 5.41) is 5.51. The number of hydrogen-bond acceptors (Lipinski definition) is 3. The number of thiophene rings is 1. The van der Waals surface area contributed by atoms with Crippen molar-refractivity contribution in [2.75, 3.05) is 11.9 Å². The first-order chi connectivity index (χ1) is 10.4. The van der Waals surface area contributed by atoms with Crippen molar-refractivity contribution in [1.29, 1.82) is 0 Å². The fourth-order valence-electron chi connectivity index (χ4n) is 2.13. The standard InChI is InChI=1S/C17H20N2O2S/c1-10-6-5-7-11(2)16(10)19-15(20)9-18-17(21)14-8-12(3)13(4)22-14/h5-8H,9H2,1-4H3,(H,18,21)(H,19,20). The van der Waals surface area contributed by atoms with Crippen LogP contribution < -0.4 is 10.6 Å². The number of carbonyl (C=O) groups is 2. The van der Waals surface area contributed by atoms with Gasteiger partial charge in [-0.15, -0.1) is 11.3 Å². The summed E-state index contributed by atoms with van der Waals surface area (Å²) < 4.78 is 0. The van der Waals surface area contributed by atoms with Gasteiger partial charge in [-0.2, -0.15) is 0 Å². The Morgan fingerprint density at radius 2 is 1.68 bits per heavy atom. The van der Waals surface area contributed by atoms with Crippen LogP contribution in [-0.4, -0.2) is 18.4 Å². The monoisotopic (exact) mass is 316 g/mol. The molecule has 0 fully saturated rings. The first kappa shape index (κ1) is 16.2. The minimum Gasteiger partial charge on any atom is -0.342 e. The lowest BCUT2D eigenvalue weighted by Gasteiger charge is -2.11. The molecule has 116 valence electrons. The smallest absolute Gasteiger partial charge is 0.261 e. The molecule has 0 aliphatic carbocycles. The fraction of sp³-hybridized carbons (Fsp3) is 0.294. The highest BCUT2D eigenvalue weighted by atomic mass is 32.1. The van der Waals surface area contributed by atoms with Crippen LogP contribution in [0.5, 0.6) is 0 Å². The number of para-hydroxylation sites is 1. The first-order valence-corrected chi connectivity index (χ1v) is 7.91. The highest BCUT2D eigenvalue weighted by Crippen LogP contribution is 2.21. The molecule has 0 saturated carbocycles. The average molecular weight is 316 g/mol. The molecular formula is C17H20N2O2S. The molecule has 0 bridgehead atoms. The fourth-order valence-corrected chi connectivity index (χ4v) is 3.08. The molecule has 5 heteroatoms. The Hall–Kier alpha value is -2.14. The van der Waals surface area contributed by atoms with Crippen molar-refractivity contribution in [1.82, 2.24) is 5.32 Å². The van der Waals surface area contributed by atoms with Gasteiger partial charge in [0, 0.05) is 10.6 Å². The number of anilines is 1. The second-order valence-corrected chi connectivity index (χ2v) is 6.60. The molecule has 0 unspecified atom stereocenters. The summed E-state index contributed by atoms with van der Waals surface area (Å²) in [5.41, 5.74) is 3.91. The van der Waals surface area contributed by atoms with Crippen molar-refractivity contribution in [2.24, 2.45) is 0 Å². The van der Waals surface area contributed by atoms with Gasteiger partial charge in [-0.05, 0) is 50.5 Å². The predicted octanol–water partition coefficient (Wildman–Crippen LogP) is 3.35. The summed E-state index contributed by atoms with van der Waals surface area (Å²) >= 11 is 1.44. The van der Waals surface area contributed by atoms with E-state index in [9.17, 15) is 9.59 Å². The molecule has 1 aromatic carbocycles. The molecule has 1 aromatic heterocycles. The van der Waals surface area contributed by atoms with Gasteiger partial charge in [0.1, 0.15) is 0 Å². The number of amides is 2. The second kappa shape index (κ2) is 6.75. The Balaban J connectivity index is 1.94. The molecule has 0 aliphatic heterocycles. The van der Waals surface area contributed by atoms with Crippen molar-refractivity contribution in [2.45, 2.75) is 27.7 Å². The Morgan fingerprint density at radius 1 is 1.05 bits per heavy atom. The first-order valence-electron chi connectivity index (χ1n) is 7.09. The SMILES string of the molecule is Cc1cc(C(=O)NCC(=O)Nc2c(C)cccc2C)sc1C. The van der Waals surface area contributed by atoms with Crippen LogP contribution in [0.2, 0.25) is 0 Å². The number of aryl methyl sites for hydroxylation is 4. The van der Waals surface area contributed by atoms with Gasteiger partial charge < -0.3 is 10.6 Å². The van der Waals surface area contributed by atoms with E-state index in [2.05, 4.69) is 10.6 Å². The van der Waals surface area contributed by atoms with Gasteiger partial charge >= 0.3 is 0 Å². The Bertz CT molecular complexity index is 680. The maximum absolute atomic E-state index is 12.0. The molecule has 2 amide bonds. The summed E-state index contributed by atoms with van der Waals surface area (Å²) in [6.07, 6.45) is 0. The largest absolute Gasteiger partial charge is 0.342 e. The lowest BCUT2D eigenvalue weighted by Crippen LogP contribution is -2.32. The van der Waals surface area contributed by atoms with Gasteiger partial charge in [0.25, 0.3) is 5.91 Å². The lowest BCUT2D eigenvalue weighted by molar-refractivity contribution is -0.115. The van der Waals surface area contributed by atoms with Gasteiger partial charge in [-0.1, -0.05) is 18.2 Å². The summed E-state index contributed by atoms with van der Waals surface area (Å²) in [6, 6.07) is 7.68. The van der Waals surface area contributed by atoms with Crippen molar-refractivity contribution < 1.29 is 9.59 Å². The van der Waals surface area contributed by atoms with E-state index in [1.807, 2.05) is 52.0 Å². The molecule has 0 atom stereocenters. The summed E-state index contributed by atoms with van der Waals surface area (Å²) in [6.45, 7) is 7.79. The highest BCUT2D eigenvalue weighted by molar-refractivity contribution is 7.14. The molecule has 4 nitrogen and oxygen atoms in total. The van der Waals surface area contributed by atoms with E-state index in [4.69, 9.17) is 0 Å². The molecule has 0 saturated heterocycles. The third-order valence-corrected chi connectivity index (χ3v) is 4.70. The van der Waals surface area contributed by atoms with Crippen LogP contribution in [0, 0.1) is 27.7 Å². The van der Waals surface area contributed by atoms with E-state index >= 15 is 0 Å². The van der Waals surface area contributed by atoms with E-state index in [0.717, 1.165) is 27.3 Å². The molecule has 2 rings (SSSR count). The van der Waals surface area contributed by atoms with Crippen LogP contribution in [0.3, 0.4) is 0 Å². The van der Waals surface area contributed by atoms with Crippen molar-refractivity contribution >= 4 is 28.8 Å². The third-order valence-electron chi connectivity index (χ3n) is 3.54. The van der Waals surface area contributed by atoms with Crippen LogP contribution in [0.1, 0.15) is 31.2 Å². The zero-order valence-electron chi connectivity index (χ0n) is 13.2. The molecule has 0 spiro atoms. The van der Waals surface area contributed by atoms with Crippen LogP contribution >= 0.6 is 11.3 Å². The Kier molecular flexibility index (Phi) is 4.98. The van der Waals surface area contributed by atoms with Crippen LogP contribution in [-0.2, 0) is 4.79 Å². The lowest BCUT2D eigenvalue weighted by atomic mass is 10.1. The normalized spacial score (nSPS) is 10.4. The van der Waals surface area contributed by atoms with E-state index in [0.29, 0.717) is 4.88 Å². The number of nitrogens with one attached hydrogen (secondary N) is 2. The van der Waals surface area contributed by atoms with Gasteiger partial charge in [0.2, 0.25) is 5.91 Å². The minimum absolute atomic E-state index is 0.0391. The molecular weight excluding hydrogens is 296 g/mol. The number of hydrogen-bond donors (Lipinski definition) is 2. The Morgan fingerprint density at radius 3 is 2.23 bits per heavy atom. The van der Waals surface area contributed by atoms with Crippen LogP contribution in [0.15, 0.2) is 24.3 Å². The Labute approximate surface area is 134 Å². The highest BCUT2D eigenvalue weighted by Gasteiger charge is 2.12. The maximum Gasteiger partial charge on any atom is 0.261 e. The van der Waals surface area contributed by atoms with Crippen molar-refractivity contribution in [3.63, 3.8) is 0 Å². The molecule has 22 heavy (non-hydrogen) atoms. The van der Waals surface area contributed by atoms with Crippen molar-refractivity contribution in [3.05, 3.63) is 50.7 Å². The topological polar surface area (TPSA) is 58.2 Å². The second-order valence-electron chi connectivity index (χ2n) is 5.35. The molecule has 0 radical (unpaired) electrons. The number of rotatable bonds is 4. The van der Waals surface area contributed by atoms with Gasteiger partial charge in [0.15, 0.2) is 0 Å². The zero-order chi connectivity index (χ0) is 16.3. The summed E-state index contributed by atoms with van der Waals surface area (Å²) in [5.74, 6) is -0.436. The van der Waals surface area contributed by atoms with E-state index < -0.39 is 0 Å². The zero-order valence-corrected chi connectivity index (χ0v) is 14.1. The van der Waals surface area contributed by atoms with Gasteiger partial charge in [-0.25, -0.2) is 0 Å². The van der Waals surface area contributed by atoms with E-state index in [-0.39, 0.29) is 18.4 Å². The predicted molar refractivity (Wildman–Crippen MR) is 90.7 cm³/mol. The molecule has 1 heterocycles. The van der Waals surface area contributed by atoms with E-state index in [1.165, 1.54) is 11.3 Å². The quantitative estimate of drug-likeness (QED) is 0.909. The average Bonchev–Trinajstić information content (AvgIpc) is 2.80.